The summed E-state index contributed by atoms with van der Waals surface area (Å²) in [5.41, 5.74) is 0.837. The summed E-state index contributed by atoms with van der Waals surface area (Å²) in [6, 6.07) is 8.13. The number of rotatable bonds is 5. The van der Waals surface area contributed by atoms with Crippen molar-refractivity contribution in [3.63, 3.8) is 0 Å². The van der Waals surface area contributed by atoms with Gasteiger partial charge in [-0.1, -0.05) is 19.1 Å². The molecule has 4 nitrogen and oxygen atoms in total. The van der Waals surface area contributed by atoms with Crippen LogP contribution in [0.4, 0.5) is 5.69 Å². The lowest BCUT2D eigenvalue weighted by Gasteiger charge is -2.35. The van der Waals surface area contributed by atoms with Crippen molar-refractivity contribution in [3.8, 4) is 5.75 Å². The zero-order valence-corrected chi connectivity index (χ0v) is 11.9. The average molecular weight is 264 g/mol. The Kier molecular flexibility index (Phi) is 4.66. The number of nitrogens with zero attached hydrogens (tertiary/aromatic N) is 1. The maximum atomic E-state index is 9.64. The number of hydrogen-bond acceptors (Lipinski definition) is 4. The van der Waals surface area contributed by atoms with Gasteiger partial charge in [0.2, 0.25) is 0 Å². The third-order valence-electron chi connectivity index (χ3n) is 3.53. The van der Waals surface area contributed by atoms with Crippen molar-refractivity contribution in [1.29, 1.82) is 0 Å². The molecule has 0 saturated carbocycles. The first-order valence-electron chi connectivity index (χ1n) is 7.01. The first-order valence-corrected chi connectivity index (χ1v) is 7.01. The van der Waals surface area contributed by atoms with Gasteiger partial charge in [-0.05, 0) is 32.0 Å². The third kappa shape index (κ3) is 3.39. The van der Waals surface area contributed by atoms with E-state index < -0.39 is 0 Å². The number of anilines is 1. The van der Waals surface area contributed by atoms with Crippen LogP contribution in [-0.4, -0.2) is 43.5 Å². The second-order valence-electron chi connectivity index (χ2n) is 5.34. The molecule has 1 aromatic carbocycles. The molecule has 2 N–H and O–H groups in total. The van der Waals surface area contributed by atoms with Crippen LogP contribution in [0, 0.1) is 0 Å². The predicted octanol–water partition coefficient (Wildman–Crippen LogP) is 1.64. The van der Waals surface area contributed by atoms with Crippen LogP contribution < -0.4 is 15.0 Å². The topological polar surface area (TPSA) is 44.7 Å². The molecule has 0 spiro atoms. The molecular weight excluding hydrogens is 240 g/mol. The highest BCUT2D eigenvalue weighted by molar-refractivity contribution is 5.59. The van der Waals surface area contributed by atoms with Crippen LogP contribution in [0.3, 0.4) is 0 Å². The van der Waals surface area contributed by atoms with E-state index in [1.165, 1.54) is 0 Å². The Morgan fingerprint density at radius 3 is 2.95 bits per heavy atom. The number of nitrogens with one attached hydrogen (secondary N) is 1. The molecule has 1 aliphatic heterocycles. The van der Waals surface area contributed by atoms with E-state index in [0.717, 1.165) is 44.1 Å². The van der Waals surface area contributed by atoms with Gasteiger partial charge in [0, 0.05) is 13.1 Å². The first-order chi connectivity index (χ1) is 9.18. The van der Waals surface area contributed by atoms with E-state index in [-0.39, 0.29) is 12.1 Å². The Bertz CT molecular complexity index is 411. The zero-order valence-electron chi connectivity index (χ0n) is 11.9. The molecule has 0 bridgehead atoms. The number of fused-ring (bicyclic) bond motifs is 1. The van der Waals surface area contributed by atoms with Crippen molar-refractivity contribution in [3.05, 3.63) is 24.3 Å². The van der Waals surface area contributed by atoms with Gasteiger partial charge in [0.05, 0.1) is 24.4 Å². The highest BCUT2D eigenvalue weighted by Gasteiger charge is 2.27. The second-order valence-corrected chi connectivity index (χ2v) is 5.34. The summed E-state index contributed by atoms with van der Waals surface area (Å²) in [4.78, 5) is 2.31. The largest absolute Gasteiger partial charge is 0.491 e. The molecule has 1 unspecified atom stereocenters. The molecule has 106 valence electrons. The fraction of sp³-hybridized carbons (Fsp3) is 0.600. The zero-order chi connectivity index (χ0) is 13.7. The summed E-state index contributed by atoms with van der Waals surface area (Å²) in [7, 11) is 0. The van der Waals surface area contributed by atoms with Crippen molar-refractivity contribution in [2.24, 2.45) is 0 Å². The number of likely N-dealkylation sites (N-methyl/N-ethyl adjacent to an activating group) is 1. The third-order valence-corrected chi connectivity index (χ3v) is 3.53. The van der Waals surface area contributed by atoms with Crippen molar-refractivity contribution in [2.45, 2.75) is 25.8 Å². The van der Waals surface area contributed by atoms with Crippen molar-refractivity contribution >= 4 is 5.69 Å². The molecule has 1 aromatic rings. The summed E-state index contributed by atoms with van der Waals surface area (Å²) in [5.74, 6) is 0.941. The Labute approximate surface area is 115 Å². The highest BCUT2D eigenvalue weighted by atomic mass is 16.5. The summed E-state index contributed by atoms with van der Waals surface area (Å²) >= 11 is 0. The van der Waals surface area contributed by atoms with E-state index in [0.29, 0.717) is 0 Å². The molecule has 0 aliphatic carbocycles. The Hall–Kier alpha value is -1.26. The average Bonchev–Trinajstić information content (AvgIpc) is 2.62. The molecule has 1 atom stereocenters. The van der Waals surface area contributed by atoms with Crippen LogP contribution in [0.1, 0.15) is 20.3 Å². The number of para-hydroxylation sites is 2. The van der Waals surface area contributed by atoms with Crippen LogP contribution in [0.2, 0.25) is 0 Å². The molecule has 1 aliphatic rings. The smallest absolute Gasteiger partial charge is 0.142 e. The van der Waals surface area contributed by atoms with Gasteiger partial charge >= 0.3 is 0 Å². The highest BCUT2D eigenvalue weighted by Crippen LogP contribution is 2.31. The van der Waals surface area contributed by atoms with Gasteiger partial charge in [-0.15, -0.1) is 0 Å². The van der Waals surface area contributed by atoms with Gasteiger partial charge in [-0.3, -0.25) is 0 Å². The maximum absolute atomic E-state index is 9.64. The Morgan fingerprint density at radius 1 is 1.42 bits per heavy atom. The van der Waals surface area contributed by atoms with Crippen LogP contribution >= 0.6 is 0 Å². The minimum absolute atomic E-state index is 0.125. The monoisotopic (exact) mass is 264 g/mol. The molecule has 0 aromatic heterocycles. The lowest BCUT2D eigenvalue weighted by molar-refractivity contribution is 0.179. The number of hydrogen-bond donors (Lipinski definition) is 2. The van der Waals surface area contributed by atoms with Crippen molar-refractivity contribution in [1.82, 2.24) is 5.32 Å². The molecule has 0 amide bonds. The normalized spacial score (nSPS) is 18.2. The number of ether oxygens (including phenoxy) is 1. The van der Waals surface area contributed by atoms with Crippen molar-refractivity contribution in [2.75, 3.05) is 37.7 Å². The number of benzene rings is 1. The summed E-state index contributed by atoms with van der Waals surface area (Å²) in [5, 5.41) is 13.0. The van der Waals surface area contributed by atoms with Gasteiger partial charge in [0.25, 0.3) is 0 Å². The standard InChI is InChI=1S/C15H24N2O2/c1-3-16-15(2,12-18)11-17-9-6-10-19-14-8-5-4-7-13(14)17/h4-5,7-8,16,18H,3,6,9-12H2,1-2H3. The van der Waals surface area contributed by atoms with Crippen molar-refractivity contribution < 1.29 is 9.84 Å². The minimum atomic E-state index is -0.286. The molecule has 1 heterocycles. The quantitative estimate of drug-likeness (QED) is 0.848. The first kappa shape index (κ1) is 14.2. The number of aliphatic hydroxyl groups is 1. The van der Waals surface area contributed by atoms with E-state index in [2.05, 4.69) is 30.1 Å². The summed E-state index contributed by atoms with van der Waals surface area (Å²) in [6.45, 7) is 7.59. The summed E-state index contributed by atoms with van der Waals surface area (Å²) in [6.07, 6.45) is 1.00. The molecule has 0 radical (unpaired) electrons. The van der Waals surface area contributed by atoms with E-state index in [4.69, 9.17) is 4.74 Å². The van der Waals surface area contributed by atoms with E-state index in [1.54, 1.807) is 0 Å². The van der Waals surface area contributed by atoms with Gasteiger partial charge in [-0.25, -0.2) is 0 Å². The molecule has 0 saturated heterocycles. The maximum Gasteiger partial charge on any atom is 0.142 e. The van der Waals surface area contributed by atoms with Gasteiger partial charge < -0.3 is 20.1 Å². The fourth-order valence-electron chi connectivity index (χ4n) is 2.57. The number of aliphatic hydroxyl groups excluding tert-OH is 1. The van der Waals surface area contributed by atoms with E-state index in [1.807, 2.05) is 18.2 Å². The van der Waals surface area contributed by atoms with Crippen LogP contribution in [0.15, 0.2) is 24.3 Å². The summed E-state index contributed by atoms with van der Waals surface area (Å²) < 4.78 is 5.76. The Balaban J connectivity index is 2.19. The SMILES string of the molecule is CCNC(C)(CO)CN1CCCOc2ccccc21. The lowest BCUT2D eigenvalue weighted by atomic mass is 10.0. The van der Waals surface area contributed by atoms with E-state index >= 15 is 0 Å². The second kappa shape index (κ2) is 6.26. The lowest BCUT2D eigenvalue weighted by Crippen LogP contribution is -2.54. The van der Waals surface area contributed by atoms with Crippen LogP contribution in [-0.2, 0) is 0 Å². The molecule has 19 heavy (non-hydrogen) atoms. The minimum Gasteiger partial charge on any atom is -0.491 e. The predicted molar refractivity (Wildman–Crippen MR) is 77.9 cm³/mol. The fourth-order valence-corrected chi connectivity index (χ4v) is 2.57. The van der Waals surface area contributed by atoms with Crippen LogP contribution in [0.5, 0.6) is 5.75 Å². The molecule has 4 heteroatoms. The van der Waals surface area contributed by atoms with Gasteiger partial charge in [0.1, 0.15) is 5.75 Å². The van der Waals surface area contributed by atoms with Gasteiger partial charge in [-0.2, -0.15) is 0 Å². The molecular formula is C15H24N2O2. The Morgan fingerprint density at radius 2 is 2.21 bits per heavy atom. The molecule has 0 fully saturated rings. The van der Waals surface area contributed by atoms with E-state index in [9.17, 15) is 5.11 Å². The van der Waals surface area contributed by atoms with Gasteiger partial charge in [0.15, 0.2) is 0 Å². The van der Waals surface area contributed by atoms with Crippen LogP contribution in [0.25, 0.3) is 0 Å². The molecule has 2 rings (SSSR count).